The Bertz CT molecular complexity index is 1600. The van der Waals surface area contributed by atoms with Gasteiger partial charge in [0.05, 0.1) is 58.6 Å². The molecule has 0 atom stereocenters. The van der Waals surface area contributed by atoms with Crippen LogP contribution < -0.4 is 9.80 Å². The first-order valence-electron chi connectivity index (χ1n) is 14.0. The molecule has 204 valence electrons. The van der Waals surface area contributed by atoms with Crippen LogP contribution in [0.1, 0.15) is 29.8 Å². The summed E-state index contributed by atoms with van der Waals surface area (Å²) in [5.74, 6) is -0.309. The fraction of sp³-hybridized carbons (Fsp3) is 0.344. The van der Waals surface area contributed by atoms with E-state index >= 15 is 0 Å². The molecule has 0 bridgehead atoms. The van der Waals surface area contributed by atoms with Gasteiger partial charge in [-0.1, -0.05) is 12.6 Å². The first kappa shape index (κ1) is 25.1. The van der Waals surface area contributed by atoms with Crippen molar-refractivity contribution in [3.8, 4) is 11.4 Å². The van der Waals surface area contributed by atoms with Gasteiger partial charge in [-0.3, -0.25) is 4.98 Å². The summed E-state index contributed by atoms with van der Waals surface area (Å²) < 4.78 is 26.0. The third-order valence-electron chi connectivity index (χ3n) is 8.59. The lowest BCUT2D eigenvalue weighted by molar-refractivity contribution is 0.0545. The average molecular weight is 538 g/mol. The Balaban J connectivity index is 1.49. The molecule has 2 saturated heterocycles. The molecule has 0 N–H and O–H groups in total. The van der Waals surface area contributed by atoms with Crippen LogP contribution in [-0.2, 0) is 14.9 Å². The highest BCUT2D eigenvalue weighted by Gasteiger charge is 2.47. The van der Waals surface area contributed by atoms with Gasteiger partial charge in [-0.25, -0.2) is 14.4 Å². The summed E-state index contributed by atoms with van der Waals surface area (Å²) in [6, 6.07) is 13.0. The maximum Gasteiger partial charge on any atom is 0.125 e. The fourth-order valence-electron chi connectivity index (χ4n) is 6.55. The van der Waals surface area contributed by atoms with Gasteiger partial charge >= 0.3 is 0 Å². The molecule has 1 spiro atoms. The second-order valence-corrected chi connectivity index (χ2v) is 10.9. The van der Waals surface area contributed by atoms with E-state index in [9.17, 15) is 4.39 Å². The SMILES string of the molecule is C=Cc1nc2c(cc1N1CCOCC1)N(c1c(C)c(-c3ccccn3)nc3cc(F)ccc13)CC21CCOCC1. The summed E-state index contributed by atoms with van der Waals surface area (Å²) in [5, 5.41) is 0.911. The quantitative estimate of drug-likeness (QED) is 0.325. The zero-order valence-electron chi connectivity index (χ0n) is 22.7. The van der Waals surface area contributed by atoms with Crippen molar-refractivity contribution in [2.75, 3.05) is 55.9 Å². The van der Waals surface area contributed by atoms with Crippen LogP contribution in [0.3, 0.4) is 0 Å². The molecule has 0 amide bonds. The van der Waals surface area contributed by atoms with E-state index in [4.69, 9.17) is 19.4 Å². The van der Waals surface area contributed by atoms with Crippen molar-refractivity contribution in [3.63, 3.8) is 0 Å². The van der Waals surface area contributed by atoms with E-state index in [0.29, 0.717) is 31.9 Å². The van der Waals surface area contributed by atoms with Crippen molar-refractivity contribution in [1.82, 2.24) is 15.0 Å². The Hall–Kier alpha value is -3.88. The van der Waals surface area contributed by atoms with Gasteiger partial charge in [0, 0.05) is 61.5 Å². The Morgan fingerprint density at radius 2 is 1.77 bits per heavy atom. The average Bonchev–Trinajstić information content (AvgIpc) is 3.29. The van der Waals surface area contributed by atoms with Crippen LogP contribution in [0, 0.1) is 12.7 Å². The van der Waals surface area contributed by atoms with Crippen molar-refractivity contribution in [1.29, 1.82) is 0 Å². The number of ether oxygens (including phenoxy) is 2. The van der Waals surface area contributed by atoms with Crippen LogP contribution in [0.5, 0.6) is 0 Å². The zero-order chi connectivity index (χ0) is 27.3. The topological polar surface area (TPSA) is 63.6 Å². The largest absolute Gasteiger partial charge is 0.381 e. The van der Waals surface area contributed by atoms with E-state index in [2.05, 4.69) is 34.4 Å². The molecule has 8 heteroatoms. The first-order valence-corrected chi connectivity index (χ1v) is 14.0. The van der Waals surface area contributed by atoms with E-state index < -0.39 is 0 Å². The molecule has 6 heterocycles. The lowest BCUT2D eigenvalue weighted by atomic mass is 9.78. The number of halogens is 1. The number of anilines is 3. The van der Waals surface area contributed by atoms with Crippen molar-refractivity contribution < 1.29 is 13.9 Å². The summed E-state index contributed by atoms with van der Waals surface area (Å²) in [6.07, 6.45) is 5.42. The van der Waals surface area contributed by atoms with Gasteiger partial charge in [-0.15, -0.1) is 0 Å². The number of pyridine rings is 3. The number of rotatable bonds is 4. The highest BCUT2D eigenvalue weighted by molar-refractivity contribution is 5.99. The molecule has 2 fully saturated rings. The highest BCUT2D eigenvalue weighted by Crippen LogP contribution is 2.52. The maximum absolute atomic E-state index is 14.5. The smallest absolute Gasteiger partial charge is 0.125 e. The van der Waals surface area contributed by atoms with E-state index in [-0.39, 0.29) is 11.2 Å². The second kappa shape index (κ2) is 9.94. The number of nitrogens with zero attached hydrogens (tertiary/aromatic N) is 5. The number of hydrogen-bond acceptors (Lipinski definition) is 7. The molecular formula is C32H32FN5O2. The Morgan fingerprint density at radius 3 is 2.52 bits per heavy atom. The van der Waals surface area contributed by atoms with E-state index in [1.165, 1.54) is 12.1 Å². The summed E-state index contributed by atoms with van der Waals surface area (Å²) >= 11 is 0. The minimum absolute atomic E-state index is 0.151. The molecule has 3 aromatic heterocycles. The molecule has 3 aliphatic rings. The summed E-state index contributed by atoms with van der Waals surface area (Å²) in [4.78, 5) is 19.6. The van der Waals surface area contributed by atoms with Gasteiger partial charge in [0.2, 0.25) is 0 Å². The first-order chi connectivity index (χ1) is 19.6. The molecule has 0 aliphatic carbocycles. The van der Waals surface area contributed by atoms with Crippen LogP contribution in [0.2, 0.25) is 0 Å². The van der Waals surface area contributed by atoms with Crippen molar-refractivity contribution in [3.05, 3.63) is 78.0 Å². The van der Waals surface area contributed by atoms with Gasteiger partial charge < -0.3 is 19.3 Å². The molecule has 0 saturated carbocycles. The predicted molar refractivity (Wildman–Crippen MR) is 156 cm³/mol. The van der Waals surface area contributed by atoms with E-state index in [0.717, 1.165) is 83.3 Å². The van der Waals surface area contributed by atoms with Crippen molar-refractivity contribution >= 4 is 34.0 Å². The van der Waals surface area contributed by atoms with Crippen LogP contribution in [0.4, 0.5) is 21.5 Å². The summed E-state index contributed by atoms with van der Waals surface area (Å²) in [7, 11) is 0. The monoisotopic (exact) mass is 537 g/mol. The minimum Gasteiger partial charge on any atom is -0.381 e. The second-order valence-electron chi connectivity index (χ2n) is 10.9. The summed E-state index contributed by atoms with van der Waals surface area (Å²) in [6.45, 7) is 11.4. The van der Waals surface area contributed by atoms with Crippen LogP contribution >= 0.6 is 0 Å². The van der Waals surface area contributed by atoms with Gasteiger partial charge in [-0.05, 0) is 56.2 Å². The molecule has 7 rings (SSSR count). The van der Waals surface area contributed by atoms with Gasteiger partial charge in [0.15, 0.2) is 0 Å². The van der Waals surface area contributed by atoms with Crippen LogP contribution in [-0.4, -0.2) is 61.0 Å². The highest BCUT2D eigenvalue weighted by atomic mass is 19.1. The molecule has 1 aromatic carbocycles. The molecule has 3 aliphatic heterocycles. The van der Waals surface area contributed by atoms with Crippen molar-refractivity contribution in [2.24, 2.45) is 0 Å². The third-order valence-corrected chi connectivity index (χ3v) is 8.59. The lowest BCUT2D eigenvalue weighted by Gasteiger charge is -2.34. The maximum atomic E-state index is 14.5. The zero-order valence-corrected chi connectivity index (χ0v) is 22.7. The number of morpholine rings is 1. The summed E-state index contributed by atoms with van der Waals surface area (Å²) in [5.41, 5.74) is 8.16. The van der Waals surface area contributed by atoms with Crippen LogP contribution in [0.15, 0.2) is 55.2 Å². The lowest BCUT2D eigenvalue weighted by Crippen LogP contribution is -2.38. The van der Waals surface area contributed by atoms with E-state index in [1.54, 1.807) is 6.20 Å². The van der Waals surface area contributed by atoms with Gasteiger partial charge in [0.25, 0.3) is 0 Å². The standard InChI is InChI=1S/C32H32FN5O2/c1-3-24-27(37-12-16-40-17-13-37)19-28-31(36-24)32(9-14-39-15-10-32)20-38(28)30-21(2)29(25-6-4-5-11-34-25)35-26-18-22(33)7-8-23(26)30/h3-8,11,18-19H,1,9-10,12-17,20H2,2H3. The number of fused-ring (bicyclic) bond motifs is 3. The molecule has 7 nitrogen and oxygen atoms in total. The van der Waals surface area contributed by atoms with Gasteiger partial charge in [-0.2, -0.15) is 0 Å². The predicted octanol–water partition coefficient (Wildman–Crippen LogP) is 5.82. The number of aromatic nitrogens is 3. The number of benzene rings is 1. The van der Waals surface area contributed by atoms with E-state index in [1.807, 2.05) is 30.3 Å². The van der Waals surface area contributed by atoms with Crippen molar-refractivity contribution in [2.45, 2.75) is 25.2 Å². The molecule has 4 aromatic rings. The van der Waals surface area contributed by atoms with Gasteiger partial charge in [0.1, 0.15) is 5.82 Å². The Morgan fingerprint density at radius 1 is 0.975 bits per heavy atom. The Kier molecular flexibility index (Phi) is 6.24. The molecule has 0 unspecified atom stereocenters. The third kappa shape index (κ3) is 4.05. The molecular weight excluding hydrogens is 505 g/mol. The fourth-order valence-corrected chi connectivity index (χ4v) is 6.55. The van der Waals surface area contributed by atoms with Crippen LogP contribution in [0.25, 0.3) is 28.4 Å². The Labute approximate surface area is 233 Å². The molecule has 0 radical (unpaired) electrons. The molecule has 40 heavy (non-hydrogen) atoms. The number of hydrogen-bond donors (Lipinski definition) is 0. The minimum atomic E-state index is -0.309. The normalized spacial score (nSPS) is 18.4.